The first kappa shape index (κ1) is 17.5. The second-order valence-electron chi connectivity index (χ2n) is 6.51. The Balaban J connectivity index is 2.05. The number of aromatic nitrogens is 2. The maximum absolute atomic E-state index is 12.8. The van der Waals surface area contributed by atoms with Gasteiger partial charge in [-0.05, 0) is 55.0 Å². The Bertz CT molecular complexity index is 1300. The quantitative estimate of drug-likeness (QED) is 0.288. The molecule has 0 aliphatic carbocycles. The zero-order chi connectivity index (χ0) is 19.7. The van der Waals surface area contributed by atoms with Crippen LogP contribution in [-0.2, 0) is 0 Å². The number of nitrogens with two attached hydrogens (primary N) is 1. The molecule has 138 valence electrons. The molecule has 0 spiro atoms. The summed E-state index contributed by atoms with van der Waals surface area (Å²) in [5.74, 6) is 0. The number of pyridine rings is 2. The topological polar surface area (TPSA) is 96.8 Å². The van der Waals surface area contributed by atoms with E-state index in [1.807, 2.05) is 43.3 Å². The van der Waals surface area contributed by atoms with Crippen LogP contribution in [-0.4, -0.2) is 15.8 Å². The van der Waals surface area contributed by atoms with Gasteiger partial charge in [0.2, 0.25) is 0 Å². The number of benzene rings is 2. The molecule has 0 aliphatic heterocycles. The monoisotopic (exact) mass is 369 g/mol. The molecule has 0 atom stereocenters. The van der Waals surface area contributed by atoms with Crippen LogP contribution in [0.1, 0.15) is 5.56 Å². The Morgan fingerprint density at radius 1 is 1.14 bits per heavy atom. The maximum atomic E-state index is 12.8. The second-order valence-corrected chi connectivity index (χ2v) is 6.51. The highest BCUT2D eigenvalue weighted by atomic mass is 16.1. The van der Waals surface area contributed by atoms with Gasteiger partial charge in [-0.3, -0.25) is 14.3 Å². The minimum Gasteiger partial charge on any atom is -0.398 e. The molecule has 2 aromatic heterocycles. The zero-order valence-electron chi connectivity index (χ0n) is 15.3. The molecule has 28 heavy (non-hydrogen) atoms. The van der Waals surface area contributed by atoms with Crippen molar-refractivity contribution >= 4 is 39.4 Å². The van der Waals surface area contributed by atoms with Gasteiger partial charge in [-0.15, -0.1) is 0 Å². The molecule has 4 aromatic rings. The molecule has 0 saturated carbocycles. The van der Waals surface area contributed by atoms with Gasteiger partial charge in [0.25, 0.3) is 5.56 Å². The molecular weight excluding hydrogens is 350 g/mol. The van der Waals surface area contributed by atoms with Crippen LogP contribution in [0.25, 0.3) is 27.5 Å². The van der Waals surface area contributed by atoms with Crippen LogP contribution in [0.3, 0.4) is 0 Å². The fourth-order valence-corrected chi connectivity index (χ4v) is 3.22. The molecule has 2 aromatic carbocycles. The summed E-state index contributed by atoms with van der Waals surface area (Å²) in [6, 6.07) is 14.7. The van der Waals surface area contributed by atoms with E-state index in [1.165, 1.54) is 6.21 Å². The Hall–Kier alpha value is -3.93. The lowest BCUT2D eigenvalue weighted by molar-refractivity contribution is 1.05. The van der Waals surface area contributed by atoms with Crippen LogP contribution in [0.15, 0.2) is 71.8 Å². The number of anilines is 2. The minimum absolute atomic E-state index is 0.134. The summed E-state index contributed by atoms with van der Waals surface area (Å²) in [6.45, 7) is 1.93. The SMILES string of the molecule is Cc1ccc(-n2c(=O)ccc3cnc4ccc(N/C=C\C=N)cc4c32)cc1N. The number of hydrogen-bond acceptors (Lipinski definition) is 5. The first-order valence-electron chi connectivity index (χ1n) is 8.81. The number of nitrogen functional groups attached to an aromatic ring is 1. The molecule has 6 nitrogen and oxygen atoms in total. The highest BCUT2D eigenvalue weighted by molar-refractivity contribution is 6.05. The summed E-state index contributed by atoms with van der Waals surface area (Å²) in [4.78, 5) is 17.3. The Morgan fingerprint density at radius 2 is 2.00 bits per heavy atom. The lowest BCUT2D eigenvalue weighted by atomic mass is 10.1. The highest BCUT2D eigenvalue weighted by Gasteiger charge is 2.11. The third-order valence-corrected chi connectivity index (χ3v) is 4.68. The number of rotatable bonds is 4. The molecule has 2 heterocycles. The number of nitrogens with one attached hydrogen (secondary N) is 2. The van der Waals surface area contributed by atoms with Crippen molar-refractivity contribution in [3.8, 4) is 5.69 Å². The van der Waals surface area contributed by atoms with Crippen LogP contribution < -0.4 is 16.6 Å². The third kappa shape index (κ3) is 3.01. The fourth-order valence-electron chi connectivity index (χ4n) is 3.22. The molecule has 0 aliphatic rings. The molecule has 0 saturated heterocycles. The molecule has 0 amide bonds. The highest BCUT2D eigenvalue weighted by Crippen LogP contribution is 2.28. The first-order chi connectivity index (χ1) is 13.6. The molecular formula is C22H19N5O. The van der Waals surface area contributed by atoms with Gasteiger partial charge < -0.3 is 16.5 Å². The zero-order valence-corrected chi connectivity index (χ0v) is 15.3. The molecule has 0 unspecified atom stereocenters. The van der Waals surface area contributed by atoms with Crippen molar-refractivity contribution < 1.29 is 0 Å². The lowest BCUT2D eigenvalue weighted by Crippen LogP contribution is -2.18. The van der Waals surface area contributed by atoms with Crippen molar-refractivity contribution in [2.45, 2.75) is 6.92 Å². The van der Waals surface area contributed by atoms with Crippen molar-refractivity contribution in [1.29, 1.82) is 5.41 Å². The standard InChI is InChI=1S/C22H19N5O/c1-14-3-6-17(12-19(14)24)27-21(28)8-4-15-13-26-20-7-5-16(25-10-2-9-23)11-18(20)22(15)27/h2-13,23,25H,24H2,1H3/b10-2-,23-9?. The Labute approximate surface area is 161 Å². The van der Waals surface area contributed by atoms with E-state index in [0.29, 0.717) is 11.4 Å². The van der Waals surface area contributed by atoms with E-state index in [0.717, 1.165) is 33.1 Å². The van der Waals surface area contributed by atoms with Gasteiger partial charge in [0.15, 0.2) is 0 Å². The van der Waals surface area contributed by atoms with Gasteiger partial charge in [0.05, 0.1) is 16.7 Å². The van der Waals surface area contributed by atoms with E-state index in [-0.39, 0.29) is 5.56 Å². The smallest absolute Gasteiger partial charge is 0.255 e. The van der Waals surface area contributed by atoms with Crippen LogP contribution in [0.4, 0.5) is 11.4 Å². The number of allylic oxidation sites excluding steroid dienone is 1. The number of aryl methyl sites for hydroxylation is 1. The van der Waals surface area contributed by atoms with Crippen LogP contribution in [0.2, 0.25) is 0 Å². The minimum atomic E-state index is -0.134. The van der Waals surface area contributed by atoms with Crippen molar-refractivity contribution in [3.05, 3.63) is 82.9 Å². The first-order valence-corrected chi connectivity index (χ1v) is 8.81. The summed E-state index contributed by atoms with van der Waals surface area (Å²) in [6.07, 6.45) is 6.24. The normalized spacial score (nSPS) is 11.3. The fraction of sp³-hybridized carbons (Fsp3) is 0.0455. The molecule has 4 rings (SSSR count). The van der Waals surface area contributed by atoms with Crippen molar-refractivity contribution in [2.24, 2.45) is 0 Å². The van der Waals surface area contributed by atoms with E-state index in [1.54, 1.807) is 35.2 Å². The van der Waals surface area contributed by atoms with Gasteiger partial charge in [-0.1, -0.05) is 6.07 Å². The summed E-state index contributed by atoms with van der Waals surface area (Å²) >= 11 is 0. The predicted octanol–water partition coefficient (Wildman–Crippen LogP) is 4.00. The van der Waals surface area contributed by atoms with Crippen molar-refractivity contribution in [3.63, 3.8) is 0 Å². The van der Waals surface area contributed by atoms with Gasteiger partial charge in [0.1, 0.15) is 0 Å². The lowest BCUT2D eigenvalue weighted by Gasteiger charge is -2.14. The molecule has 0 bridgehead atoms. The van der Waals surface area contributed by atoms with E-state index >= 15 is 0 Å². The summed E-state index contributed by atoms with van der Waals surface area (Å²) in [5, 5.41) is 11.9. The van der Waals surface area contributed by atoms with Gasteiger partial charge in [-0.2, -0.15) is 0 Å². The Kier molecular flexibility index (Phi) is 4.37. The van der Waals surface area contributed by atoms with E-state index in [2.05, 4.69) is 10.3 Å². The molecule has 0 radical (unpaired) electrons. The van der Waals surface area contributed by atoms with Crippen LogP contribution in [0, 0.1) is 12.3 Å². The number of hydrogen-bond donors (Lipinski definition) is 3. The average molecular weight is 369 g/mol. The number of nitrogens with zero attached hydrogens (tertiary/aromatic N) is 2. The van der Waals surface area contributed by atoms with Crippen LogP contribution >= 0.6 is 0 Å². The van der Waals surface area contributed by atoms with E-state index < -0.39 is 0 Å². The second kappa shape index (κ2) is 7.00. The predicted molar refractivity (Wildman–Crippen MR) is 116 cm³/mol. The summed E-state index contributed by atoms with van der Waals surface area (Å²) in [5.41, 5.74) is 10.7. The third-order valence-electron chi connectivity index (χ3n) is 4.68. The van der Waals surface area contributed by atoms with Crippen molar-refractivity contribution in [1.82, 2.24) is 9.55 Å². The molecule has 4 N–H and O–H groups in total. The largest absolute Gasteiger partial charge is 0.398 e. The molecule has 6 heteroatoms. The van der Waals surface area contributed by atoms with Gasteiger partial charge >= 0.3 is 0 Å². The van der Waals surface area contributed by atoms with E-state index in [9.17, 15) is 4.79 Å². The number of fused-ring (bicyclic) bond motifs is 3. The van der Waals surface area contributed by atoms with Gasteiger partial charge in [-0.25, -0.2) is 0 Å². The Morgan fingerprint density at radius 3 is 2.79 bits per heavy atom. The average Bonchev–Trinajstić information content (AvgIpc) is 2.70. The van der Waals surface area contributed by atoms with E-state index in [4.69, 9.17) is 11.1 Å². The molecule has 0 fully saturated rings. The maximum Gasteiger partial charge on any atom is 0.255 e. The summed E-state index contributed by atoms with van der Waals surface area (Å²) < 4.78 is 1.67. The summed E-state index contributed by atoms with van der Waals surface area (Å²) in [7, 11) is 0. The van der Waals surface area contributed by atoms with Crippen LogP contribution in [0.5, 0.6) is 0 Å². The van der Waals surface area contributed by atoms with Crippen molar-refractivity contribution in [2.75, 3.05) is 11.1 Å². The van der Waals surface area contributed by atoms with Gasteiger partial charge in [0, 0.05) is 46.8 Å².